The smallest absolute Gasteiger partial charge is 0.405 e. The van der Waals surface area contributed by atoms with E-state index in [1.807, 2.05) is 27.7 Å². The van der Waals surface area contributed by atoms with Crippen LogP contribution in [0, 0.1) is 0 Å². The molecule has 0 aliphatic carbocycles. The second kappa shape index (κ2) is 8.83. The minimum atomic E-state index is -0.183. The first-order valence-corrected chi connectivity index (χ1v) is 6.44. The molecule has 0 spiro atoms. The molecule has 0 atom stereocenters. The minimum absolute atomic E-state index is 0.183. The Labute approximate surface area is 102 Å². The first kappa shape index (κ1) is 15.7. The van der Waals surface area contributed by atoms with E-state index in [4.69, 9.17) is 9.31 Å². The maximum Gasteiger partial charge on any atom is 0.489 e. The Bertz CT molecular complexity index is 190. The van der Waals surface area contributed by atoms with E-state index in [2.05, 4.69) is 19.9 Å². The summed E-state index contributed by atoms with van der Waals surface area (Å²) in [5, 5.41) is 0. The number of unbranched alkanes of at least 4 members (excludes halogenated alkanes) is 2. The van der Waals surface area contributed by atoms with Crippen molar-refractivity contribution >= 4 is 7.12 Å². The van der Waals surface area contributed by atoms with Crippen LogP contribution in [0.1, 0.15) is 60.8 Å². The molecule has 0 saturated heterocycles. The van der Waals surface area contributed by atoms with Crippen molar-refractivity contribution in [2.24, 2.45) is 0 Å². The van der Waals surface area contributed by atoms with E-state index in [1.165, 1.54) is 18.3 Å². The molecule has 3 heteroatoms. The Morgan fingerprint density at radius 1 is 1.12 bits per heavy atom. The van der Waals surface area contributed by atoms with Crippen LogP contribution in [0.5, 0.6) is 0 Å². The Balaban J connectivity index is 4.30. The summed E-state index contributed by atoms with van der Waals surface area (Å²) < 4.78 is 11.5. The Morgan fingerprint density at radius 2 is 1.62 bits per heavy atom. The number of hydrogen-bond donors (Lipinski definition) is 0. The van der Waals surface area contributed by atoms with Crippen LogP contribution in [-0.4, -0.2) is 19.3 Å². The van der Waals surface area contributed by atoms with E-state index in [9.17, 15) is 0 Å². The summed E-state index contributed by atoms with van der Waals surface area (Å²) in [6.07, 6.45) is 6.19. The molecule has 0 aromatic rings. The van der Waals surface area contributed by atoms with Gasteiger partial charge in [0.05, 0.1) is 0 Å². The lowest BCUT2D eigenvalue weighted by Crippen LogP contribution is -2.31. The molecule has 0 aromatic carbocycles. The predicted molar refractivity (Wildman–Crippen MR) is 71.5 cm³/mol. The van der Waals surface area contributed by atoms with Crippen LogP contribution in [0.4, 0.5) is 0 Å². The summed E-state index contributed by atoms with van der Waals surface area (Å²) in [7, 11) is -0.183. The Hall–Kier alpha value is -0.275. The van der Waals surface area contributed by atoms with Gasteiger partial charge in [-0.05, 0) is 46.5 Å². The highest BCUT2D eigenvalue weighted by atomic mass is 16.6. The van der Waals surface area contributed by atoms with Gasteiger partial charge in [0, 0.05) is 12.2 Å². The third kappa shape index (κ3) is 7.94. The summed E-state index contributed by atoms with van der Waals surface area (Å²) in [6.45, 7) is 12.4. The average Bonchev–Trinajstić information content (AvgIpc) is 2.15. The van der Waals surface area contributed by atoms with Crippen molar-refractivity contribution in [2.45, 2.75) is 73.0 Å². The van der Waals surface area contributed by atoms with E-state index < -0.39 is 0 Å². The summed E-state index contributed by atoms with van der Waals surface area (Å²) in [5.74, 6) is 0. The Morgan fingerprint density at radius 3 is 2.00 bits per heavy atom. The van der Waals surface area contributed by atoms with Gasteiger partial charge in [0.1, 0.15) is 0 Å². The first-order valence-electron chi connectivity index (χ1n) is 6.44. The maximum atomic E-state index is 5.76. The lowest BCUT2D eigenvalue weighted by atomic mass is 9.77. The third-order valence-corrected chi connectivity index (χ3v) is 2.19. The fraction of sp³-hybridized carbons (Fsp3) is 0.846. The summed E-state index contributed by atoms with van der Waals surface area (Å²) in [4.78, 5) is 0. The molecular weight excluding hydrogens is 199 g/mol. The maximum absolute atomic E-state index is 5.76. The van der Waals surface area contributed by atoms with Crippen LogP contribution in [0.15, 0.2) is 11.5 Å². The van der Waals surface area contributed by atoms with Gasteiger partial charge in [0.25, 0.3) is 0 Å². The molecule has 94 valence electrons. The van der Waals surface area contributed by atoms with Crippen LogP contribution in [-0.2, 0) is 9.31 Å². The molecule has 0 unspecified atom stereocenters. The van der Waals surface area contributed by atoms with Crippen molar-refractivity contribution in [2.75, 3.05) is 0 Å². The fourth-order valence-electron chi connectivity index (χ4n) is 1.37. The number of allylic oxidation sites excluding steroid dienone is 2. The van der Waals surface area contributed by atoms with Gasteiger partial charge in [-0.15, -0.1) is 0 Å². The monoisotopic (exact) mass is 226 g/mol. The molecule has 0 fully saturated rings. The van der Waals surface area contributed by atoms with E-state index in [-0.39, 0.29) is 19.3 Å². The van der Waals surface area contributed by atoms with Gasteiger partial charge >= 0.3 is 7.12 Å². The molecule has 0 aliphatic heterocycles. The van der Waals surface area contributed by atoms with Gasteiger partial charge in [-0.2, -0.15) is 0 Å². The lowest BCUT2D eigenvalue weighted by molar-refractivity contribution is 0.136. The van der Waals surface area contributed by atoms with Crippen molar-refractivity contribution in [3.8, 4) is 0 Å². The minimum Gasteiger partial charge on any atom is -0.405 e. The van der Waals surface area contributed by atoms with Gasteiger partial charge in [-0.3, -0.25) is 0 Å². The molecule has 0 amide bonds. The fourth-order valence-corrected chi connectivity index (χ4v) is 1.37. The molecule has 0 bridgehead atoms. The number of rotatable bonds is 8. The standard InChI is InChI=1S/C13H27BO2/c1-7-8-9-10-13(6)14(15-11(2)3)16-12(4)5/h10-12H,7-9H2,1-6H3/b13-10+. The number of hydrogen-bond acceptors (Lipinski definition) is 2. The normalized spacial score (nSPS) is 12.6. The van der Waals surface area contributed by atoms with E-state index in [0.29, 0.717) is 0 Å². The summed E-state index contributed by atoms with van der Waals surface area (Å²) in [6, 6.07) is 0. The van der Waals surface area contributed by atoms with Crippen molar-refractivity contribution in [1.29, 1.82) is 0 Å². The lowest BCUT2D eigenvalue weighted by Gasteiger charge is -2.20. The van der Waals surface area contributed by atoms with Crippen molar-refractivity contribution in [3.63, 3.8) is 0 Å². The van der Waals surface area contributed by atoms with Crippen LogP contribution >= 0.6 is 0 Å². The van der Waals surface area contributed by atoms with Gasteiger partial charge in [-0.1, -0.05) is 25.8 Å². The second-order valence-corrected chi connectivity index (χ2v) is 4.79. The summed E-state index contributed by atoms with van der Waals surface area (Å²) in [5.41, 5.74) is 1.19. The van der Waals surface area contributed by atoms with Crippen molar-refractivity contribution in [3.05, 3.63) is 11.5 Å². The molecule has 0 saturated carbocycles. The van der Waals surface area contributed by atoms with Crippen molar-refractivity contribution in [1.82, 2.24) is 0 Å². The topological polar surface area (TPSA) is 18.5 Å². The van der Waals surface area contributed by atoms with E-state index >= 15 is 0 Å². The average molecular weight is 226 g/mol. The molecular formula is C13H27BO2. The van der Waals surface area contributed by atoms with Gasteiger partial charge < -0.3 is 9.31 Å². The molecule has 0 aromatic heterocycles. The molecule has 0 aliphatic rings. The van der Waals surface area contributed by atoms with E-state index in [1.54, 1.807) is 0 Å². The summed E-state index contributed by atoms with van der Waals surface area (Å²) >= 11 is 0. The van der Waals surface area contributed by atoms with Crippen LogP contribution < -0.4 is 0 Å². The molecule has 2 nitrogen and oxygen atoms in total. The predicted octanol–water partition coefficient (Wildman–Crippen LogP) is 4.00. The molecule has 16 heavy (non-hydrogen) atoms. The SMILES string of the molecule is CCCC/C=C(\C)B(OC(C)C)OC(C)C. The van der Waals surface area contributed by atoms with E-state index in [0.717, 1.165) is 6.42 Å². The molecule has 0 radical (unpaired) electrons. The highest BCUT2D eigenvalue weighted by Gasteiger charge is 2.23. The van der Waals surface area contributed by atoms with Crippen LogP contribution in [0.2, 0.25) is 0 Å². The van der Waals surface area contributed by atoms with Gasteiger partial charge in [0.15, 0.2) is 0 Å². The zero-order valence-corrected chi connectivity index (χ0v) is 11.7. The zero-order chi connectivity index (χ0) is 12.6. The van der Waals surface area contributed by atoms with Crippen LogP contribution in [0.3, 0.4) is 0 Å². The van der Waals surface area contributed by atoms with Crippen LogP contribution in [0.25, 0.3) is 0 Å². The quantitative estimate of drug-likeness (QED) is 0.460. The first-order chi connectivity index (χ1) is 7.47. The Kier molecular flexibility index (Phi) is 8.68. The second-order valence-electron chi connectivity index (χ2n) is 4.79. The highest BCUT2D eigenvalue weighted by molar-refractivity contribution is 6.53. The molecule has 0 rings (SSSR count). The largest absolute Gasteiger partial charge is 0.489 e. The molecule has 0 heterocycles. The van der Waals surface area contributed by atoms with Crippen molar-refractivity contribution < 1.29 is 9.31 Å². The van der Waals surface area contributed by atoms with Gasteiger partial charge in [-0.25, -0.2) is 0 Å². The zero-order valence-electron chi connectivity index (χ0n) is 11.7. The van der Waals surface area contributed by atoms with Gasteiger partial charge in [0.2, 0.25) is 0 Å². The highest BCUT2D eigenvalue weighted by Crippen LogP contribution is 2.11. The molecule has 0 N–H and O–H groups in total. The third-order valence-electron chi connectivity index (χ3n) is 2.19.